The molecule has 5 nitrogen and oxygen atoms in total. The van der Waals surface area contributed by atoms with E-state index in [1.807, 2.05) is 56.4 Å². The van der Waals surface area contributed by atoms with Gasteiger partial charge in [-0.2, -0.15) is 0 Å². The maximum atomic E-state index is 11.5. The molecule has 2 heterocycles. The predicted molar refractivity (Wildman–Crippen MR) is 113 cm³/mol. The summed E-state index contributed by atoms with van der Waals surface area (Å²) >= 11 is 0. The van der Waals surface area contributed by atoms with Crippen LogP contribution in [0.25, 0.3) is 10.9 Å². The van der Waals surface area contributed by atoms with Crippen LogP contribution in [0.5, 0.6) is 5.75 Å². The lowest BCUT2D eigenvalue weighted by molar-refractivity contribution is 0.0690. The van der Waals surface area contributed by atoms with E-state index in [0.29, 0.717) is 12.3 Å². The van der Waals surface area contributed by atoms with E-state index in [4.69, 9.17) is 4.74 Å². The zero-order chi connectivity index (χ0) is 20.4. The molecule has 29 heavy (non-hydrogen) atoms. The summed E-state index contributed by atoms with van der Waals surface area (Å²) in [4.78, 5) is 19.3. The molecule has 0 spiro atoms. The van der Waals surface area contributed by atoms with Gasteiger partial charge in [0.2, 0.25) is 0 Å². The number of aryl methyl sites for hydroxylation is 1. The van der Waals surface area contributed by atoms with Gasteiger partial charge in [-0.15, -0.1) is 0 Å². The lowest BCUT2D eigenvalue weighted by atomic mass is 9.87. The van der Waals surface area contributed by atoms with Crippen molar-refractivity contribution >= 4 is 16.9 Å². The van der Waals surface area contributed by atoms with Crippen LogP contribution < -0.4 is 4.74 Å². The Morgan fingerprint density at radius 1 is 1.14 bits per heavy atom. The molecule has 1 atom stereocenters. The Kier molecular flexibility index (Phi) is 5.04. The molecule has 0 bridgehead atoms. The summed E-state index contributed by atoms with van der Waals surface area (Å²) in [6.07, 6.45) is 1.98. The number of carboxylic acid groups (broad SMARTS) is 1. The number of ether oxygens (including phenoxy) is 1. The van der Waals surface area contributed by atoms with Crippen LogP contribution in [0.3, 0.4) is 0 Å². The molecular formula is C24H22N2O3. The number of aromatic amines is 1. The molecule has 2 aromatic heterocycles. The summed E-state index contributed by atoms with van der Waals surface area (Å²) < 4.78 is 5.81. The zero-order valence-corrected chi connectivity index (χ0v) is 16.3. The zero-order valence-electron chi connectivity index (χ0n) is 16.3. The third-order valence-electron chi connectivity index (χ3n) is 5.06. The Morgan fingerprint density at radius 2 is 1.97 bits per heavy atom. The standard InChI is InChI=1S/C24H22N2O3/c1-3-29-22-13-16(12-11-15(22)2)23(20-9-6-10-21(26-20)24(27)28)18-14-25-19-8-5-4-7-17(18)19/h4-14,23,25H,3H2,1-2H3,(H,27,28). The van der Waals surface area contributed by atoms with E-state index in [9.17, 15) is 9.90 Å². The quantitative estimate of drug-likeness (QED) is 0.481. The molecule has 0 saturated heterocycles. The fourth-order valence-corrected chi connectivity index (χ4v) is 3.68. The smallest absolute Gasteiger partial charge is 0.354 e. The number of nitrogens with one attached hydrogen (secondary N) is 1. The number of benzene rings is 2. The van der Waals surface area contributed by atoms with Crippen molar-refractivity contribution in [3.05, 3.63) is 94.9 Å². The summed E-state index contributed by atoms with van der Waals surface area (Å²) in [6, 6.07) is 19.3. The summed E-state index contributed by atoms with van der Waals surface area (Å²) in [7, 11) is 0. The first kappa shape index (κ1) is 18.7. The third-order valence-corrected chi connectivity index (χ3v) is 5.06. The van der Waals surface area contributed by atoms with Crippen LogP contribution in [0.1, 0.15) is 45.7 Å². The largest absolute Gasteiger partial charge is 0.494 e. The first-order valence-corrected chi connectivity index (χ1v) is 9.58. The molecule has 0 radical (unpaired) electrons. The van der Waals surface area contributed by atoms with Crippen LogP contribution >= 0.6 is 0 Å². The lowest BCUT2D eigenvalue weighted by Gasteiger charge is -2.19. The van der Waals surface area contributed by atoms with Crippen LogP contribution in [0.4, 0.5) is 0 Å². The number of nitrogens with zero attached hydrogens (tertiary/aromatic N) is 1. The Labute approximate surface area is 169 Å². The van der Waals surface area contributed by atoms with Gasteiger partial charge in [0.25, 0.3) is 0 Å². The second-order valence-corrected chi connectivity index (χ2v) is 6.93. The number of hydrogen-bond donors (Lipinski definition) is 2. The molecule has 1 unspecified atom stereocenters. The fraction of sp³-hybridized carbons (Fsp3) is 0.167. The van der Waals surface area contributed by atoms with Gasteiger partial charge in [-0.05, 0) is 54.8 Å². The number of rotatable bonds is 6. The van der Waals surface area contributed by atoms with Gasteiger partial charge in [-0.3, -0.25) is 0 Å². The van der Waals surface area contributed by atoms with Gasteiger partial charge in [0.15, 0.2) is 0 Å². The Morgan fingerprint density at radius 3 is 2.76 bits per heavy atom. The van der Waals surface area contributed by atoms with Crippen molar-refractivity contribution in [1.29, 1.82) is 0 Å². The van der Waals surface area contributed by atoms with Crippen molar-refractivity contribution in [1.82, 2.24) is 9.97 Å². The van der Waals surface area contributed by atoms with E-state index in [0.717, 1.165) is 33.3 Å². The number of H-pyrrole nitrogens is 1. The SMILES string of the molecule is CCOc1cc(C(c2cccc(C(=O)O)n2)c2c[nH]c3ccccc23)ccc1C. The molecule has 4 aromatic rings. The van der Waals surface area contributed by atoms with Crippen molar-refractivity contribution in [2.75, 3.05) is 6.61 Å². The van der Waals surface area contributed by atoms with Gasteiger partial charge >= 0.3 is 5.97 Å². The highest BCUT2D eigenvalue weighted by Gasteiger charge is 2.23. The number of aromatic carboxylic acids is 1. The van der Waals surface area contributed by atoms with Crippen molar-refractivity contribution in [3.63, 3.8) is 0 Å². The minimum Gasteiger partial charge on any atom is -0.494 e. The minimum atomic E-state index is -1.04. The van der Waals surface area contributed by atoms with Gasteiger partial charge in [-0.25, -0.2) is 9.78 Å². The molecule has 0 amide bonds. The second kappa shape index (κ2) is 7.80. The first-order valence-electron chi connectivity index (χ1n) is 9.58. The van der Waals surface area contributed by atoms with Gasteiger partial charge in [0, 0.05) is 17.1 Å². The summed E-state index contributed by atoms with van der Waals surface area (Å²) in [5.41, 5.74) is 4.84. The Hall–Kier alpha value is -3.60. The van der Waals surface area contributed by atoms with Gasteiger partial charge in [-0.1, -0.05) is 36.4 Å². The predicted octanol–water partition coefficient (Wildman–Crippen LogP) is 5.15. The summed E-state index contributed by atoms with van der Waals surface area (Å²) in [5.74, 6) is -0.446. The fourth-order valence-electron chi connectivity index (χ4n) is 3.68. The normalized spacial score (nSPS) is 12.1. The van der Waals surface area contributed by atoms with E-state index < -0.39 is 5.97 Å². The summed E-state index contributed by atoms with van der Waals surface area (Å²) in [5, 5.41) is 10.5. The monoisotopic (exact) mass is 386 g/mol. The average molecular weight is 386 g/mol. The molecular weight excluding hydrogens is 364 g/mol. The highest BCUT2D eigenvalue weighted by atomic mass is 16.5. The van der Waals surface area contributed by atoms with E-state index in [-0.39, 0.29) is 11.6 Å². The molecule has 0 aliphatic rings. The van der Waals surface area contributed by atoms with Crippen molar-refractivity contribution in [2.24, 2.45) is 0 Å². The van der Waals surface area contributed by atoms with Crippen LogP contribution in [-0.2, 0) is 0 Å². The number of fused-ring (bicyclic) bond motifs is 1. The Bertz CT molecular complexity index is 1180. The topological polar surface area (TPSA) is 75.2 Å². The number of carbonyl (C=O) groups is 1. The molecule has 0 aliphatic heterocycles. The highest BCUT2D eigenvalue weighted by molar-refractivity contribution is 5.86. The Balaban J connectivity index is 1.94. The number of pyridine rings is 1. The number of para-hydroxylation sites is 1. The second-order valence-electron chi connectivity index (χ2n) is 6.93. The van der Waals surface area contributed by atoms with E-state index in [2.05, 4.69) is 22.1 Å². The lowest BCUT2D eigenvalue weighted by Crippen LogP contribution is -2.09. The number of hydrogen-bond acceptors (Lipinski definition) is 3. The molecule has 0 fully saturated rings. The van der Waals surface area contributed by atoms with Gasteiger partial charge < -0.3 is 14.8 Å². The number of aromatic nitrogens is 2. The highest BCUT2D eigenvalue weighted by Crippen LogP contribution is 2.37. The minimum absolute atomic E-state index is 0.0319. The van der Waals surface area contributed by atoms with Gasteiger partial charge in [0.1, 0.15) is 11.4 Å². The van der Waals surface area contributed by atoms with E-state index >= 15 is 0 Å². The molecule has 5 heteroatoms. The van der Waals surface area contributed by atoms with E-state index in [1.165, 1.54) is 6.07 Å². The third kappa shape index (κ3) is 3.59. The summed E-state index contributed by atoms with van der Waals surface area (Å²) in [6.45, 7) is 4.55. The van der Waals surface area contributed by atoms with Crippen molar-refractivity contribution < 1.29 is 14.6 Å². The first-order chi connectivity index (χ1) is 14.1. The molecule has 4 rings (SSSR count). The van der Waals surface area contributed by atoms with Crippen molar-refractivity contribution in [2.45, 2.75) is 19.8 Å². The average Bonchev–Trinajstić information content (AvgIpc) is 3.15. The van der Waals surface area contributed by atoms with Crippen LogP contribution in [0.2, 0.25) is 0 Å². The molecule has 2 aromatic carbocycles. The molecule has 146 valence electrons. The number of carboxylic acids is 1. The molecule has 0 saturated carbocycles. The maximum Gasteiger partial charge on any atom is 0.354 e. The van der Waals surface area contributed by atoms with E-state index in [1.54, 1.807) is 6.07 Å². The molecule has 2 N–H and O–H groups in total. The van der Waals surface area contributed by atoms with Crippen LogP contribution in [0, 0.1) is 6.92 Å². The van der Waals surface area contributed by atoms with Crippen LogP contribution in [0.15, 0.2) is 66.9 Å². The van der Waals surface area contributed by atoms with Crippen LogP contribution in [-0.4, -0.2) is 27.7 Å². The van der Waals surface area contributed by atoms with Crippen molar-refractivity contribution in [3.8, 4) is 5.75 Å². The molecule has 0 aliphatic carbocycles. The van der Waals surface area contributed by atoms with Gasteiger partial charge in [0.05, 0.1) is 18.2 Å². The maximum absolute atomic E-state index is 11.5.